The second-order valence-electron chi connectivity index (χ2n) is 5.62. The lowest BCUT2D eigenvalue weighted by Gasteiger charge is -2.13. The zero-order valence-electron chi connectivity index (χ0n) is 12.3. The Bertz CT molecular complexity index is 909. The lowest BCUT2D eigenvalue weighted by molar-refractivity contribution is 0.102. The molecule has 114 valence electrons. The zero-order chi connectivity index (χ0) is 15.8. The minimum absolute atomic E-state index is 0.134. The first-order valence-electron chi connectivity index (χ1n) is 7.55. The van der Waals surface area contributed by atoms with E-state index in [2.05, 4.69) is 10.3 Å². The van der Waals surface area contributed by atoms with Crippen molar-refractivity contribution in [3.05, 3.63) is 64.6 Å². The van der Waals surface area contributed by atoms with Gasteiger partial charge in [-0.25, -0.2) is 0 Å². The van der Waals surface area contributed by atoms with Gasteiger partial charge in [0.2, 0.25) is 0 Å². The van der Waals surface area contributed by atoms with Crippen LogP contribution in [0.25, 0.3) is 10.9 Å². The van der Waals surface area contributed by atoms with E-state index in [1.165, 1.54) is 0 Å². The van der Waals surface area contributed by atoms with Crippen molar-refractivity contribution in [2.45, 2.75) is 19.3 Å². The topological polar surface area (TPSA) is 54.9 Å². The molecule has 0 atom stereocenters. The normalized spacial score (nSPS) is 13.1. The molecule has 1 amide bonds. The molecule has 5 heteroatoms. The van der Waals surface area contributed by atoms with Crippen LogP contribution in [0.3, 0.4) is 0 Å². The molecule has 0 fully saturated rings. The van der Waals surface area contributed by atoms with Crippen LogP contribution in [0.1, 0.15) is 28.0 Å². The van der Waals surface area contributed by atoms with Crippen LogP contribution in [-0.2, 0) is 12.8 Å². The molecular weight excluding hydrogens is 310 g/mol. The number of amides is 1. The van der Waals surface area contributed by atoms with Gasteiger partial charge in [0.05, 0.1) is 23.0 Å². The lowest BCUT2D eigenvalue weighted by atomic mass is 10.0. The fourth-order valence-corrected chi connectivity index (χ4v) is 3.30. The van der Waals surface area contributed by atoms with Crippen LogP contribution < -0.4 is 5.32 Å². The van der Waals surface area contributed by atoms with Gasteiger partial charge >= 0.3 is 0 Å². The Hall–Kier alpha value is -2.46. The second-order valence-corrected chi connectivity index (χ2v) is 6.06. The molecule has 0 saturated carbocycles. The van der Waals surface area contributed by atoms with Crippen molar-refractivity contribution >= 4 is 34.1 Å². The Kier molecular flexibility index (Phi) is 3.46. The molecule has 4 rings (SSSR count). The van der Waals surface area contributed by atoms with Gasteiger partial charge in [0.1, 0.15) is 0 Å². The van der Waals surface area contributed by atoms with Crippen molar-refractivity contribution in [2.24, 2.45) is 0 Å². The molecule has 2 heterocycles. The minimum atomic E-state index is -0.134. The first-order valence-corrected chi connectivity index (χ1v) is 7.92. The van der Waals surface area contributed by atoms with Crippen molar-refractivity contribution < 1.29 is 4.79 Å². The van der Waals surface area contributed by atoms with Crippen LogP contribution >= 0.6 is 11.6 Å². The summed E-state index contributed by atoms with van der Waals surface area (Å²) in [7, 11) is 0. The summed E-state index contributed by atoms with van der Waals surface area (Å²) in [5.41, 5.74) is 4.24. The molecule has 0 unspecified atom stereocenters. The molecule has 2 aromatic heterocycles. The van der Waals surface area contributed by atoms with E-state index in [1.807, 2.05) is 18.2 Å². The van der Waals surface area contributed by atoms with E-state index in [0.29, 0.717) is 16.3 Å². The fourth-order valence-electron chi connectivity index (χ4n) is 3.12. The van der Waals surface area contributed by atoms with Crippen molar-refractivity contribution in [3.63, 3.8) is 0 Å². The Balaban J connectivity index is 1.87. The predicted molar refractivity (Wildman–Crippen MR) is 91.0 cm³/mol. The number of hydrogen-bond acceptors (Lipinski definition) is 3. The average molecular weight is 324 g/mol. The highest BCUT2D eigenvalue weighted by atomic mass is 35.5. The second kappa shape index (κ2) is 5.63. The number of anilines is 1. The Morgan fingerprint density at radius 1 is 1.22 bits per heavy atom. The summed E-state index contributed by atoms with van der Waals surface area (Å²) in [5, 5.41) is 4.34. The van der Waals surface area contributed by atoms with E-state index in [-0.39, 0.29) is 5.91 Å². The summed E-state index contributed by atoms with van der Waals surface area (Å²) >= 11 is 6.14. The summed E-state index contributed by atoms with van der Waals surface area (Å²) in [6, 6.07) is 9.11. The maximum absolute atomic E-state index is 12.9. The predicted octanol–water partition coefficient (Wildman–Crippen LogP) is 4.02. The average Bonchev–Trinajstić information content (AvgIpc) is 3.01. The number of pyridine rings is 2. The maximum atomic E-state index is 12.9. The van der Waals surface area contributed by atoms with Gasteiger partial charge in [-0.1, -0.05) is 11.6 Å². The number of aromatic nitrogens is 2. The molecule has 1 N–H and O–H groups in total. The third-order valence-corrected chi connectivity index (χ3v) is 4.36. The molecule has 0 aliphatic heterocycles. The lowest BCUT2D eigenvalue weighted by Crippen LogP contribution is -2.15. The van der Waals surface area contributed by atoms with Crippen LogP contribution in [0.2, 0.25) is 5.02 Å². The Morgan fingerprint density at radius 2 is 2.13 bits per heavy atom. The smallest absolute Gasteiger partial charge is 0.256 e. The summed E-state index contributed by atoms with van der Waals surface area (Å²) in [4.78, 5) is 21.6. The Labute approximate surface area is 138 Å². The van der Waals surface area contributed by atoms with E-state index < -0.39 is 0 Å². The van der Waals surface area contributed by atoms with Crippen molar-refractivity contribution in [2.75, 3.05) is 5.32 Å². The monoisotopic (exact) mass is 323 g/mol. The number of benzene rings is 1. The third-order valence-electron chi connectivity index (χ3n) is 4.12. The van der Waals surface area contributed by atoms with E-state index in [0.717, 1.165) is 41.4 Å². The van der Waals surface area contributed by atoms with Gasteiger partial charge in [0.15, 0.2) is 0 Å². The number of nitrogens with one attached hydrogen (secondary N) is 1. The number of carbonyl (C=O) groups is 1. The molecule has 1 aliphatic rings. The SMILES string of the molecule is O=C(Nc1cccnc1)c1c2c(nc3ccc(Cl)cc13)CCC2. The first kappa shape index (κ1) is 14.2. The molecule has 0 spiro atoms. The van der Waals surface area contributed by atoms with E-state index >= 15 is 0 Å². The van der Waals surface area contributed by atoms with Crippen LogP contribution in [0.15, 0.2) is 42.7 Å². The number of nitrogens with zero attached hydrogens (tertiary/aromatic N) is 2. The van der Waals surface area contributed by atoms with Crippen LogP contribution in [-0.4, -0.2) is 15.9 Å². The highest BCUT2D eigenvalue weighted by molar-refractivity contribution is 6.31. The molecule has 0 saturated heterocycles. The van der Waals surface area contributed by atoms with Crippen LogP contribution in [0.4, 0.5) is 5.69 Å². The standard InChI is InChI=1S/C18H14ClN3O/c19-11-6-7-16-14(9-11)17(13-4-1-5-15(13)22-16)18(23)21-12-3-2-8-20-10-12/h2-3,6-10H,1,4-5H2,(H,21,23). The Morgan fingerprint density at radius 3 is 2.96 bits per heavy atom. The minimum Gasteiger partial charge on any atom is -0.321 e. The van der Waals surface area contributed by atoms with Crippen LogP contribution in [0, 0.1) is 0 Å². The quantitative estimate of drug-likeness (QED) is 0.774. The van der Waals surface area contributed by atoms with E-state index in [1.54, 1.807) is 24.5 Å². The molecule has 0 radical (unpaired) electrons. The van der Waals surface area contributed by atoms with Gasteiger partial charge in [-0.2, -0.15) is 0 Å². The third kappa shape index (κ3) is 2.55. The van der Waals surface area contributed by atoms with Gasteiger partial charge in [-0.15, -0.1) is 0 Å². The fraction of sp³-hybridized carbons (Fsp3) is 0.167. The summed E-state index contributed by atoms with van der Waals surface area (Å²) in [5.74, 6) is -0.134. The number of carbonyl (C=O) groups excluding carboxylic acids is 1. The van der Waals surface area contributed by atoms with Crippen LogP contribution in [0.5, 0.6) is 0 Å². The van der Waals surface area contributed by atoms with Crippen molar-refractivity contribution in [1.29, 1.82) is 0 Å². The number of hydrogen-bond donors (Lipinski definition) is 1. The largest absolute Gasteiger partial charge is 0.321 e. The van der Waals surface area contributed by atoms with Crippen molar-refractivity contribution in [1.82, 2.24) is 9.97 Å². The number of rotatable bonds is 2. The molecular formula is C18H14ClN3O. The van der Waals surface area contributed by atoms with Gasteiger partial charge < -0.3 is 5.32 Å². The van der Waals surface area contributed by atoms with Gasteiger partial charge in [0, 0.05) is 22.3 Å². The molecule has 1 aliphatic carbocycles. The molecule has 4 nitrogen and oxygen atoms in total. The molecule has 3 aromatic rings. The number of halogens is 1. The van der Waals surface area contributed by atoms with Gasteiger partial charge in [-0.3, -0.25) is 14.8 Å². The summed E-state index contributed by atoms with van der Waals surface area (Å²) < 4.78 is 0. The van der Waals surface area contributed by atoms with Gasteiger partial charge in [0.25, 0.3) is 5.91 Å². The molecule has 23 heavy (non-hydrogen) atoms. The number of aryl methyl sites for hydroxylation is 1. The number of fused-ring (bicyclic) bond motifs is 2. The van der Waals surface area contributed by atoms with E-state index in [4.69, 9.17) is 16.6 Å². The molecule has 0 bridgehead atoms. The summed E-state index contributed by atoms with van der Waals surface area (Å²) in [6.07, 6.45) is 6.13. The first-order chi connectivity index (χ1) is 11.2. The highest BCUT2D eigenvalue weighted by Gasteiger charge is 2.24. The maximum Gasteiger partial charge on any atom is 0.256 e. The zero-order valence-corrected chi connectivity index (χ0v) is 13.1. The van der Waals surface area contributed by atoms with Crippen molar-refractivity contribution in [3.8, 4) is 0 Å². The van der Waals surface area contributed by atoms with E-state index in [9.17, 15) is 4.79 Å². The van der Waals surface area contributed by atoms with Gasteiger partial charge in [-0.05, 0) is 55.2 Å². The summed E-state index contributed by atoms with van der Waals surface area (Å²) in [6.45, 7) is 0. The molecule has 1 aromatic carbocycles. The highest BCUT2D eigenvalue weighted by Crippen LogP contribution is 2.31.